The Morgan fingerprint density at radius 1 is 0.457 bits per heavy atom. The lowest BCUT2D eigenvalue weighted by Crippen LogP contribution is -2.61. The number of carbonyl (C=O) groups excluding carboxylic acids is 10. The SMILES string of the molecule is CC(C)[C@H](N)C(=O)N[C@H](CCC(N)=O)C(=O)NCC(=O)N[C@H](CCC(=O)O)C(=O)N[C@H](CCC(=O)O)C(=O)N[C@H](CO)C(=O)N[C@H](CC(N)=O)C(=O)N[C@H](CC(=O)O)C(=O)N[C@H](CCCCN)C(=O)O. The van der Waals surface area contributed by atoms with Crippen molar-refractivity contribution in [3.63, 3.8) is 0 Å². The molecule has 0 radical (unpaired) electrons. The molecular formula is C39H64N12O19. The van der Waals surface area contributed by atoms with Crippen LogP contribution in [0.15, 0.2) is 0 Å². The highest BCUT2D eigenvalue weighted by molar-refractivity contribution is 5.99. The maximum atomic E-state index is 13.5. The number of rotatable bonds is 36. The molecule has 31 nitrogen and oxygen atoms in total. The number of hydrogen-bond acceptors (Lipinski definition) is 17. The van der Waals surface area contributed by atoms with Crippen molar-refractivity contribution in [2.24, 2.45) is 28.9 Å². The third-order valence-electron chi connectivity index (χ3n) is 9.76. The Morgan fingerprint density at radius 2 is 0.871 bits per heavy atom. The summed E-state index contributed by atoms with van der Waals surface area (Å²) < 4.78 is 0. The van der Waals surface area contributed by atoms with Gasteiger partial charge in [-0.05, 0) is 51.0 Å². The number of primary amides is 2. The summed E-state index contributed by atoms with van der Waals surface area (Å²) in [5.41, 5.74) is 21.6. The van der Waals surface area contributed by atoms with Crippen LogP contribution < -0.4 is 65.5 Å². The van der Waals surface area contributed by atoms with Crippen LogP contribution in [-0.2, 0) is 67.1 Å². The van der Waals surface area contributed by atoms with Crippen LogP contribution >= 0.6 is 0 Å². The first-order chi connectivity index (χ1) is 32.6. The van der Waals surface area contributed by atoms with E-state index in [0.717, 1.165) is 0 Å². The summed E-state index contributed by atoms with van der Waals surface area (Å²) in [6.45, 7) is 1.25. The quantitative estimate of drug-likeness (QED) is 0.0259. The summed E-state index contributed by atoms with van der Waals surface area (Å²) in [5.74, 6) is -18.3. The van der Waals surface area contributed by atoms with Gasteiger partial charge in [0.25, 0.3) is 0 Å². The van der Waals surface area contributed by atoms with Gasteiger partial charge in [-0.15, -0.1) is 0 Å². The molecule has 0 spiro atoms. The number of aliphatic carboxylic acids is 4. The molecule has 0 aliphatic rings. The van der Waals surface area contributed by atoms with Crippen LogP contribution in [0.4, 0.5) is 0 Å². The molecule has 8 atom stereocenters. The van der Waals surface area contributed by atoms with Crippen molar-refractivity contribution >= 4 is 82.9 Å². The van der Waals surface area contributed by atoms with Crippen LogP contribution in [0.25, 0.3) is 0 Å². The van der Waals surface area contributed by atoms with E-state index in [1.807, 2.05) is 16.0 Å². The van der Waals surface area contributed by atoms with Crippen molar-refractivity contribution in [1.29, 1.82) is 0 Å². The van der Waals surface area contributed by atoms with Crippen LogP contribution in [0.3, 0.4) is 0 Å². The largest absolute Gasteiger partial charge is 0.481 e. The van der Waals surface area contributed by atoms with Crippen molar-refractivity contribution in [3.05, 3.63) is 0 Å². The summed E-state index contributed by atoms with van der Waals surface area (Å²) in [4.78, 5) is 175. The minimum atomic E-state index is -2.08. The predicted molar refractivity (Wildman–Crippen MR) is 235 cm³/mol. The summed E-state index contributed by atoms with van der Waals surface area (Å²) >= 11 is 0. The molecule has 0 heterocycles. The molecule has 21 N–H and O–H groups in total. The molecule has 0 bridgehead atoms. The maximum Gasteiger partial charge on any atom is 0.326 e. The number of aliphatic hydroxyl groups excluding tert-OH is 1. The van der Waals surface area contributed by atoms with Gasteiger partial charge < -0.3 is 91.0 Å². The van der Waals surface area contributed by atoms with Gasteiger partial charge in [-0.25, -0.2) is 4.79 Å². The number of aliphatic hydroxyl groups is 1. The highest BCUT2D eigenvalue weighted by atomic mass is 16.4. The zero-order valence-corrected chi connectivity index (χ0v) is 38.4. The Kier molecular flexibility index (Phi) is 28.8. The van der Waals surface area contributed by atoms with Crippen molar-refractivity contribution in [2.75, 3.05) is 19.7 Å². The molecule has 0 aromatic rings. The Bertz CT molecular complexity index is 1920. The van der Waals surface area contributed by atoms with Crippen molar-refractivity contribution in [1.82, 2.24) is 42.5 Å². The summed E-state index contributed by atoms with van der Waals surface area (Å²) in [6.07, 6.45) is -5.38. The number of carbonyl (C=O) groups is 14. The molecule has 0 aromatic carbocycles. The van der Waals surface area contributed by atoms with Gasteiger partial charge in [0.15, 0.2) is 0 Å². The topological polar surface area (TPSA) is 540 Å². The zero-order valence-electron chi connectivity index (χ0n) is 38.4. The van der Waals surface area contributed by atoms with Gasteiger partial charge in [0.2, 0.25) is 59.1 Å². The Hall–Kier alpha value is -7.54. The normalized spacial score (nSPS) is 14.3. The molecule has 0 saturated heterocycles. The number of nitrogens with one attached hydrogen (secondary N) is 8. The van der Waals surface area contributed by atoms with E-state index < -0.39 is 183 Å². The average molecular weight is 1010 g/mol. The van der Waals surface area contributed by atoms with E-state index in [-0.39, 0.29) is 38.1 Å². The third-order valence-corrected chi connectivity index (χ3v) is 9.76. The zero-order chi connectivity index (χ0) is 53.8. The van der Waals surface area contributed by atoms with Crippen LogP contribution in [0.1, 0.15) is 84.5 Å². The fourth-order valence-corrected chi connectivity index (χ4v) is 5.84. The second-order valence-corrected chi connectivity index (χ2v) is 15.9. The fourth-order valence-electron chi connectivity index (χ4n) is 5.84. The van der Waals surface area contributed by atoms with E-state index in [4.69, 9.17) is 22.9 Å². The maximum absolute atomic E-state index is 13.5. The van der Waals surface area contributed by atoms with E-state index in [1.165, 1.54) is 0 Å². The van der Waals surface area contributed by atoms with E-state index in [1.54, 1.807) is 13.8 Å². The number of unbranched alkanes of at least 4 members (excludes halogenated alkanes) is 1. The van der Waals surface area contributed by atoms with E-state index in [9.17, 15) is 92.7 Å². The van der Waals surface area contributed by atoms with E-state index >= 15 is 0 Å². The first kappa shape index (κ1) is 62.5. The molecule has 0 rings (SSSR count). The molecule has 394 valence electrons. The Labute approximate surface area is 399 Å². The fraction of sp³-hybridized carbons (Fsp3) is 0.641. The minimum Gasteiger partial charge on any atom is -0.481 e. The molecule has 0 aromatic heterocycles. The molecule has 70 heavy (non-hydrogen) atoms. The van der Waals surface area contributed by atoms with Gasteiger partial charge in [0.1, 0.15) is 42.3 Å². The summed E-state index contributed by atoms with van der Waals surface area (Å²) in [6, 6.07) is -13.9. The number of amides is 10. The predicted octanol–water partition coefficient (Wildman–Crippen LogP) is -7.97. The molecule has 0 saturated carbocycles. The van der Waals surface area contributed by atoms with Gasteiger partial charge >= 0.3 is 23.9 Å². The Morgan fingerprint density at radius 3 is 1.31 bits per heavy atom. The highest BCUT2D eigenvalue weighted by Gasteiger charge is 2.35. The molecule has 0 fully saturated rings. The average Bonchev–Trinajstić information content (AvgIpc) is 3.26. The monoisotopic (exact) mass is 1000 g/mol. The summed E-state index contributed by atoms with van der Waals surface area (Å²) in [7, 11) is 0. The van der Waals surface area contributed by atoms with Gasteiger partial charge in [-0.3, -0.25) is 62.3 Å². The van der Waals surface area contributed by atoms with E-state index in [0.29, 0.717) is 6.42 Å². The molecular weight excluding hydrogens is 940 g/mol. The first-order valence-electron chi connectivity index (χ1n) is 21.5. The summed E-state index contributed by atoms with van der Waals surface area (Å²) in [5, 5.41) is 64.4. The smallest absolute Gasteiger partial charge is 0.326 e. The van der Waals surface area contributed by atoms with Crippen LogP contribution in [0, 0.1) is 5.92 Å². The van der Waals surface area contributed by atoms with Crippen LogP contribution in [0.2, 0.25) is 0 Å². The molecule has 0 unspecified atom stereocenters. The van der Waals surface area contributed by atoms with E-state index in [2.05, 4.69) is 26.6 Å². The van der Waals surface area contributed by atoms with Gasteiger partial charge in [-0.2, -0.15) is 0 Å². The number of carboxylic acid groups (broad SMARTS) is 4. The second kappa shape index (κ2) is 32.3. The number of hydrogen-bond donors (Lipinski definition) is 17. The van der Waals surface area contributed by atoms with Gasteiger partial charge in [-0.1, -0.05) is 13.8 Å². The molecule has 0 aliphatic heterocycles. The van der Waals surface area contributed by atoms with Crippen LogP contribution in [-0.4, -0.2) is 177 Å². The third kappa shape index (κ3) is 25.6. The Balaban J connectivity index is 6.32. The van der Waals surface area contributed by atoms with Gasteiger partial charge in [0, 0.05) is 19.3 Å². The minimum absolute atomic E-state index is 0.132. The van der Waals surface area contributed by atoms with Crippen molar-refractivity contribution in [3.8, 4) is 0 Å². The molecule has 10 amide bonds. The molecule has 0 aliphatic carbocycles. The molecule has 31 heteroatoms. The standard InChI is InChI=1S/C39H64N12O19/c1-17(2)31(43)38(68)47-18(6-9-25(41)53)32(62)44-15-27(55)45-19(7-10-28(56)57)33(63)46-20(8-11-29(58)59)34(64)51-24(16-52)37(67)49-22(13-26(42)54)35(65)50-23(14-30(60)61)36(66)48-21(39(69)70)5-3-4-12-40/h17-24,31,52H,3-16,40,43H2,1-2H3,(H2,41,53)(H2,42,54)(H,44,62)(H,45,55)(H,46,63)(H,47,68)(H,48,66)(H,49,67)(H,50,65)(H,51,64)(H,56,57)(H,58,59)(H,60,61)(H,69,70)/t18-,19-,20-,21-,22-,23-,24-,31+/m1/s1. The van der Waals surface area contributed by atoms with Crippen LogP contribution in [0.5, 0.6) is 0 Å². The number of carboxylic acids is 4. The second-order valence-electron chi connectivity index (χ2n) is 15.9. The first-order valence-corrected chi connectivity index (χ1v) is 21.5. The number of nitrogens with two attached hydrogens (primary N) is 4. The van der Waals surface area contributed by atoms with Gasteiger partial charge in [0.05, 0.1) is 32.0 Å². The van der Waals surface area contributed by atoms with Crippen molar-refractivity contribution < 1.29 is 92.7 Å². The lowest BCUT2D eigenvalue weighted by molar-refractivity contribution is -0.144. The van der Waals surface area contributed by atoms with Crippen molar-refractivity contribution in [2.45, 2.75) is 133 Å². The lowest BCUT2D eigenvalue weighted by atomic mass is 10.0. The lowest BCUT2D eigenvalue weighted by Gasteiger charge is -2.26. The highest BCUT2D eigenvalue weighted by Crippen LogP contribution is 2.08.